The summed E-state index contributed by atoms with van der Waals surface area (Å²) in [6, 6.07) is 7.09. The van der Waals surface area contributed by atoms with Crippen LogP contribution in [0.1, 0.15) is 50.5 Å². The molecule has 9 nitrogen and oxygen atoms in total. The van der Waals surface area contributed by atoms with Crippen LogP contribution in [0.3, 0.4) is 0 Å². The van der Waals surface area contributed by atoms with E-state index in [0.717, 1.165) is 22.6 Å². The van der Waals surface area contributed by atoms with E-state index in [1.165, 1.54) is 4.90 Å². The van der Waals surface area contributed by atoms with Crippen molar-refractivity contribution in [3.63, 3.8) is 0 Å². The Bertz CT molecular complexity index is 1300. The molecule has 1 amide bonds. The number of rotatable bonds is 5. The van der Waals surface area contributed by atoms with E-state index in [1.807, 2.05) is 24.8 Å². The van der Waals surface area contributed by atoms with Crippen LogP contribution in [0, 0.1) is 13.8 Å². The Labute approximate surface area is 202 Å². The van der Waals surface area contributed by atoms with Crippen molar-refractivity contribution in [3.05, 3.63) is 69.1 Å². The number of aryl methyl sites for hydroxylation is 1. The Morgan fingerprint density at radius 1 is 1.26 bits per heavy atom. The molecule has 0 fully saturated rings. The van der Waals surface area contributed by atoms with Gasteiger partial charge in [0.05, 0.1) is 19.3 Å². The third kappa shape index (κ3) is 3.52. The zero-order valence-electron chi connectivity index (χ0n) is 19.1. The Morgan fingerprint density at radius 3 is 2.76 bits per heavy atom. The topological polar surface area (TPSA) is 118 Å². The molecule has 0 aliphatic carbocycles. The molecule has 5 rings (SSSR count). The summed E-state index contributed by atoms with van der Waals surface area (Å²) in [5.74, 6) is 1.05. The summed E-state index contributed by atoms with van der Waals surface area (Å²) in [6.07, 6.45) is 0.771. The first-order chi connectivity index (χ1) is 16.3. The van der Waals surface area contributed by atoms with Crippen LogP contribution < -0.4 is 15.4 Å². The summed E-state index contributed by atoms with van der Waals surface area (Å²) in [6.45, 7) is 5.15. The van der Waals surface area contributed by atoms with Crippen molar-refractivity contribution in [1.29, 1.82) is 0 Å². The number of fused-ring (bicyclic) bond motifs is 2. The summed E-state index contributed by atoms with van der Waals surface area (Å²) in [5, 5.41) is 11.1. The number of nitrogens with two attached hydrogens (primary N) is 1. The maximum Gasteiger partial charge on any atom is 0.256 e. The van der Waals surface area contributed by atoms with E-state index in [0.29, 0.717) is 35.6 Å². The first-order valence-corrected chi connectivity index (χ1v) is 11.3. The second-order valence-corrected chi connectivity index (χ2v) is 9.01. The van der Waals surface area contributed by atoms with E-state index in [9.17, 15) is 9.90 Å². The number of aliphatic hydroxyl groups excluding tert-OH is 1. The highest BCUT2D eigenvalue weighted by molar-refractivity contribution is 6.30. The molecule has 0 saturated heterocycles. The van der Waals surface area contributed by atoms with Crippen molar-refractivity contribution >= 4 is 29.3 Å². The van der Waals surface area contributed by atoms with E-state index in [4.69, 9.17) is 22.1 Å². The van der Waals surface area contributed by atoms with Gasteiger partial charge in [-0.25, -0.2) is 4.98 Å². The van der Waals surface area contributed by atoms with Gasteiger partial charge in [0.2, 0.25) is 5.95 Å². The van der Waals surface area contributed by atoms with Crippen molar-refractivity contribution in [1.82, 2.24) is 19.9 Å². The fourth-order valence-corrected chi connectivity index (χ4v) is 5.28. The molecule has 0 bridgehead atoms. The molecule has 10 heteroatoms. The lowest BCUT2D eigenvalue weighted by molar-refractivity contribution is 0.0154. The standard InChI is InChI=1S/C24H25ClN6O3/c1-12-8-27-17(13(2)19(12)34-3)11-30-9-14(18-20(25)28-24(26)29-21(18)30)10-31-22(32)15-6-4-5-7-16(15)23(31)33/h4-8,14,22,32H,9-11H2,1-3H3,(H2,26,28,29). The smallest absolute Gasteiger partial charge is 0.256 e. The summed E-state index contributed by atoms with van der Waals surface area (Å²) >= 11 is 6.53. The van der Waals surface area contributed by atoms with Crippen LogP contribution in [0.2, 0.25) is 5.15 Å². The van der Waals surface area contributed by atoms with Crippen LogP contribution in [0.5, 0.6) is 5.75 Å². The number of carbonyl (C=O) groups excluding carboxylic acids is 1. The van der Waals surface area contributed by atoms with E-state index in [2.05, 4.69) is 15.0 Å². The van der Waals surface area contributed by atoms with Gasteiger partial charge in [-0.15, -0.1) is 0 Å². The Morgan fingerprint density at radius 2 is 2.03 bits per heavy atom. The van der Waals surface area contributed by atoms with Gasteiger partial charge in [-0.1, -0.05) is 29.8 Å². The summed E-state index contributed by atoms with van der Waals surface area (Å²) in [4.78, 5) is 29.7. The molecule has 2 aromatic heterocycles. The van der Waals surface area contributed by atoms with Gasteiger partial charge < -0.3 is 25.4 Å². The highest BCUT2D eigenvalue weighted by atomic mass is 35.5. The average molecular weight is 481 g/mol. The monoisotopic (exact) mass is 480 g/mol. The minimum Gasteiger partial charge on any atom is -0.496 e. The van der Waals surface area contributed by atoms with Gasteiger partial charge in [0.15, 0.2) is 6.23 Å². The van der Waals surface area contributed by atoms with Crippen LogP contribution in [0.15, 0.2) is 30.5 Å². The van der Waals surface area contributed by atoms with Gasteiger partial charge in [0, 0.05) is 53.0 Å². The number of nitrogen functional groups attached to an aromatic ring is 1. The summed E-state index contributed by atoms with van der Waals surface area (Å²) in [5.41, 5.74) is 10.5. The highest BCUT2D eigenvalue weighted by Crippen LogP contribution is 2.43. The van der Waals surface area contributed by atoms with E-state index >= 15 is 0 Å². The molecule has 2 unspecified atom stereocenters. The molecule has 3 N–H and O–H groups in total. The van der Waals surface area contributed by atoms with Gasteiger partial charge in [-0.3, -0.25) is 9.78 Å². The number of ether oxygens (including phenoxy) is 1. The number of carbonyl (C=O) groups is 1. The predicted octanol–water partition coefficient (Wildman–Crippen LogP) is 2.98. The fourth-order valence-electron chi connectivity index (χ4n) is 4.95. The molecule has 4 heterocycles. The van der Waals surface area contributed by atoms with E-state index in [1.54, 1.807) is 31.5 Å². The number of aromatic nitrogens is 3. The van der Waals surface area contributed by atoms with Crippen molar-refractivity contribution < 1.29 is 14.6 Å². The second kappa shape index (κ2) is 8.41. The van der Waals surface area contributed by atoms with Crippen molar-refractivity contribution in [2.75, 3.05) is 30.8 Å². The molecule has 2 atom stereocenters. The van der Waals surface area contributed by atoms with Gasteiger partial charge >= 0.3 is 0 Å². The second-order valence-electron chi connectivity index (χ2n) is 8.65. The maximum atomic E-state index is 13.0. The molecule has 0 saturated carbocycles. The van der Waals surface area contributed by atoms with Crippen LogP contribution >= 0.6 is 11.6 Å². The molecule has 0 radical (unpaired) electrons. The Kier molecular flexibility index (Phi) is 5.53. The third-order valence-corrected chi connectivity index (χ3v) is 6.87. The molecule has 0 spiro atoms. The lowest BCUT2D eigenvalue weighted by Gasteiger charge is -2.25. The van der Waals surface area contributed by atoms with Crippen molar-refractivity contribution in [2.45, 2.75) is 32.5 Å². The largest absolute Gasteiger partial charge is 0.496 e. The third-order valence-electron chi connectivity index (χ3n) is 6.58. The highest BCUT2D eigenvalue weighted by Gasteiger charge is 2.41. The average Bonchev–Trinajstić information content (AvgIpc) is 3.26. The lowest BCUT2D eigenvalue weighted by atomic mass is 10.0. The quantitative estimate of drug-likeness (QED) is 0.535. The van der Waals surface area contributed by atoms with Gasteiger partial charge in [-0.2, -0.15) is 4.98 Å². The molecule has 3 aromatic rings. The fraction of sp³-hybridized carbons (Fsp3) is 0.333. The van der Waals surface area contributed by atoms with Crippen molar-refractivity contribution in [3.8, 4) is 5.75 Å². The van der Waals surface area contributed by atoms with Gasteiger partial charge in [0.25, 0.3) is 5.91 Å². The SMILES string of the molecule is COc1c(C)cnc(CN2CC(CN3C(=O)c4ccccc4C3O)c3c(Cl)nc(N)nc32)c1C. The number of amides is 1. The molecular weight excluding hydrogens is 456 g/mol. The number of hydrogen-bond acceptors (Lipinski definition) is 8. The number of pyridine rings is 1. The minimum atomic E-state index is -1.01. The zero-order valence-corrected chi connectivity index (χ0v) is 19.9. The number of benzene rings is 1. The van der Waals surface area contributed by atoms with Gasteiger partial charge in [-0.05, 0) is 19.9 Å². The molecule has 176 valence electrons. The Balaban J connectivity index is 1.47. The Hall–Kier alpha value is -3.43. The molecular formula is C24H25ClN6O3. The molecule has 2 aliphatic rings. The molecule has 2 aliphatic heterocycles. The van der Waals surface area contributed by atoms with Crippen molar-refractivity contribution in [2.24, 2.45) is 0 Å². The van der Waals surface area contributed by atoms with Gasteiger partial charge in [0.1, 0.15) is 16.7 Å². The lowest BCUT2D eigenvalue weighted by Crippen LogP contribution is -2.34. The zero-order chi connectivity index (χ0) is 24.1. The number of halogens is 1. The number of methoxy groups -OCH3 is 1. The summed E-state index contributed by atoms with van der Waals surface area (Å²) in [7, 11) is 1.64. The normalized spacial score (nSPS) is 18.9. The number of aliphatic hydroxyl groups is 1. The van der Waals surface area contributed by atoms with E-state index in [-0.39, 0.29) is 29.5 Å². The number of hydrogen-bond donors (Lipinski definition) is 2. The maximum absolute atomic E-state index is 13.0. The predicted molar refractivity (Wildman–Crippen MR) is 128 cm³/mol. The first kappa shape index (κ1) is 22.4. The van der Waals surface area contributed by atoms with E-state index < -0.39 is 6.23 Å². The number of nitrogens with zero attached hydrogens (tertiary/aromatic N) is 5. The molecule has 1 aromatic carbocycles. The van der Waals surface area contributed by atoms with Crippen LogP contribution in [0.25, 0.3) is 0 Å². The molecule has 34 heavy (non-hydrogen) atoms. The van der Waals surface area contributed by atoms with Crippen LogP contribution in [-0.4, -0.2) is 51.1 Å². The number of anilines is 2. The first-order valence-electron chi connectivity index (χ1n) is 10.9. The van der Waals surface area contributed by atoms with Crippen LogP contribution in [0.4, 0.5) is 11.8 Å². The minimum absolute atomic E-state index is 0.0743. The van der Waals surface area contributed by atoms with Crippen LogP contribution in [-0.2, 0) is 6.54 Å². The summed E-state index contributed by atoms with van der Waals surface area (Å²) < 4.78 is 5.56.